The largest absolute Gasteiger partial charge is 0.355 e. The molecule has 2 amide bonds. The molecule has 0 radical (unpaired) electrons. The molecule has 2 heterocycles. The van der Waals surface area contributed by atoms with Gasteiger partial charge >= 0.3 is 0 Å². The molecule has 1 saturated heterocycles. The molecule has 1 aromatic heterocycles. The number of aryl methyl sites for hydroxylation is 1. The van der Waals surface area contributed by atoms with Crippen molar-refractivity contribution < 1.29 is 9.59 Å². The SMILES string of the molecule is Cc1nc(-c2ccc(CCNC(=O)C3CC(=O)N(C(C)c4ccccc4)C3)cc2)cs1. The lowest BCUT2D eigenvalue weighted by Crippen LogP contribution is -2.34. The number of hydrogen-bond donors (Lipinski definition) is 1. The average Bonchev–Trinajstić information content (AvgIpc) is 3.40. The molecular formula is C25H27N3O2S. The van der Waals surface area contributed by atoms with Crippen LogP contribution in [0.1, 0.15) is 35.5 Å². The number of hydrogen-bond acceptors (Lipinski definition) is 4. The van der Waals surface area contributed by atoms with Crippen LogP contribution in [0.4, 0.5) is 0 Å². The molecule has 0 saturated carbocycles. The predicted octanol–water partition coefficient (Wildman–Crippen LogP) is 4.39. The highest BCUT2D eigenvalue weighted by Crippen LogP contribution is 2.28. The summed E-state index contributed by atoms with van der Waals surface area (Å²) < 4.78 is 0. The molecule has 4 rings (SSSR count). The molecule has 1 fully saturated rings. The molecule has 31 heavy (non-hydrogen) atoms. The van der Waals surface area contributed by atoms with Crippen molar-refractivity contribution in [3.63, 3.8) is 0 Å². The third-order valence-corrected chi connectivity index (χ3v) is 6.63. The maximum atomic E-state index is 12.6. The highest BCUT2D eigenvalue weighted by Gasteiger charge is 2.36. The predicted molar refractivity (Wildman–Crippen MR) is 124 cm³/mol. The summed E-state index contributed by atoms with van der Waals surface area (Å²) in [6.45, 7) is 5.06. The summed E-state index contributed by atoms with van der Waals surface area (Å²) in [5, 5.41) is 6.14. The summed E-state index contributed by atoms with van der Waals surface area (Å²) in [4.78, 5) is 31.5. The zero-order valence-electron chi connectivity index (χ0n) is 17.9. The van der Waals surface area contributed by atoms with E-state index in [0.717, 1.165) is 33.8 Å². The number of nitrogens with one attached hydrogen (secondary N) is 1. The van der Waals surface area contributed by atoms with Gasteiger partial charge in [0.2, 0.25) is 11.8 Å². The zero-order valence-corrected chi connectivity index (χ0v) is 18.7. The van der Waals surface area contributed by atoms with Gasteiger partial charge in [-0.05, 0) is 31.4 Å². The first-order chi connectivity index (χ1) is 15.0. The maximum Gasteiger partial charge on any atom is 0.225 e. The van der Waals surface area contributed by atoms with E-state index in [1.165, 1.54) is 0 Å². The molecule has 0 bridgehead atoms. The van der Waals surface area contributed by atoms with Gasteiger partial charge in [-0.3, -0.25) is 9.59 Å². The maximum absolute atomic E-state index is 12.6. The number of carbonyl (C=O) groups is 2. The second-order valence-corrected chi connectivity index (χ2v) is 9.09. The Bertz CT molecular complexity index is 1050. The molecule has 1 N–H and O–H groups in total. The Kier molecular flexibility index (Phi) is 6.47. The molecule has 2 atom stereocenters. The monoisotopic (exact) mass is 433 g/mol. The van der Waals surface area contributed by atoms with Crippen LogP contribution in [-0.2, 0) is 16.0 Å². The molecule has 6 heteroatoms. The van der Waals surface area contributed by atoms with Gasteiger partial charge in [0.1, 0.15) is 0 Å². The van der Waals surface area contributed by atoms with E-state index in [1.54, 1.807) is 11.3 Å². The smallest absolute Gasteiger partial charge is 0.225 e. The van der Waals surface area contributed by atoms with E-state index in [9.17, 15) is 9.59 Å². The summed E-state index contributed by atoms with van der Waals surface area (Å²) >= 11 is 1.65. The molecular weight excluding hydrogens is 406 g/mol. The van der Waals surface area contributed by atoms with E-state index in [4.69, 9.17) is 0 Å². The van der Waals surface area contributed by atoms with E-state index in [-0.39, 0.29) is 30.2 Å². The van der Waals surface area contributed by atoms with Crippen molar-refractivity contribution in [2.75, 3.05) is 13.1 Å². The Morgan fingerprint density at radius 2 is 1.94 bits per heavy atom. The van der Waals surface area contributed by atoms with E-state index in [2.05, 4.69) is 39.9 Å². The van der Waals surface area contributed by atoms with Crippen LogP contribution < -0.4 is 5.32 Å². The summed E-state index contributed by atoms with van der Waals surface area (Å²) in [5.41, 5.74) is 4.36. The molecule has 0 spiro atoms. The Labute approximate surface area is 187 Å². The van der Waals surface area contributed by atoms with Crippen LogP contribution in [0, 0.1) is 12.8 Å². The summed E-state index contributed by atoms with van der Waals surface area (Å²) in [6.07, 6.45) is 1.04. The average molecular weight is 434 g/mol. The highest BCUT2D eigenvalue weighted by molar-refractivity contribution is 7.09. The Morgan fingerprint density at radius 1 is 1.19 bits per heavy atom. The normalized spacial score (nSPS) is 17.0. The molecule has 1 aliphatic rings. The van der Waals surface area contributed by atoms with Gasteiger partial charge in [-0.2, -0.15) is 0 Å². The lowest BCUT2D eigenvalue weighted by Gasteiger charge is -2.25. The first-order valence-electron chi connectivity index (χ1n) is 10.6. The van der Waals surface area contributed by atoms with Gasteiger partial charge in [0.15, 0.2) is 0 Å². The summed E-state index contributed by atoms with van der Waals surface area (Å²) in [6, 6.07) is 18.2. The minimum absolute atomic E-state index is 0.0217. The summed E-state index contributed by atoms with van der Waals surface area (Å²) in [5.74, 6) is -0.274. The number of nitrogens with zero attached hydrogens (tertiary/aromatic N) is 2. The van der Waals surface area contributed by atoms with Crippen molar-refractivity contribution in [1.82, 2.24) is 15.2 Å². The lowest BCUT2D eigenvalue weighted by molar-refractivity contribution is -0.130. The van der Waals surface area contributed by atoms with Gasteiger partial charge in [-0.25, -0.2) is 4.98 Å². The van der Waals surface area contributed by atoms with Crippen molar-refractivity contribution in [2.24, 2.45) is 5.92 Å². The zero-order chi connectivity index (χ0) is 21.8. The number of aromatic nitrogens is 1. The van der Waals surface area contributed by atoms with Crippen molar-refractivity contribution in [3.05, 3.63) is 76.1 Å². The van der Waals surface area contributed by atoms with Crippen LogP contribution in [0.2, 0.25) is 0 Å². The van der Waals surface area contributed by atoms with Gasteiger partial charge < -0.3 is 10.2 Å². The topological polar surface area (TPSA) is 62.3 Å². The fourth-order valence-corrected chi connectivity index (χ4v) is 4.63. The second kappa shape index (κ2) is 9.43. The van der Waals surface area contributed by atoms with Crippen LogP contribution in [0.5, 0.6) is 0 Å². The van der Waals surface area contributed by atoms with Crippen LogP contribution in [0.3, 0.4) is 0 Å². The number of thiazole rings is 1. The molecule has 2 unspecified atom stereocenters. The minimum Gasteiger partial charge on any atom is -0.355 e. The summed E-state index contributed by atoms with van der Waals surface area (Å²) in [7, 11) is 0. The number of likely N-dealkylation sites (tertiary alicyclic amines) is 1. The quantitative estimate of drug-likeness (QED) is 0.601. The molecule has 5 nitrogen and oxygen atoms in total. The van der Waals surface area contributed by atoms with E-state index in [0.29, 0.717) is 13.1 Å². The van der Waals surface area contributed by atoms with Crippen molar-refractivity contribution in [2.45, 2.75) is 32.7 Å². The van der Waals surface area contributed by atoms with E-state index >= 15 is 0 Å². The Morgan fingerprint density at radius 3 is 2.61 bits per heavy atom. The van der Waals surface area contributed by atoms with E-state index in [1.807, 2.05) is 49.1 Å². The molecule has 1 aliphatic heterocycles. The van der Waals surface area contributed by atoms with E-state index < -0.39 is 0 Å². The van der Waals surface area contributed by atoms with Crippen molar-refractivity contribution in [3.8, 4) is 11.3 Å². The highest BCUT2D eigenvalue weighted by atomic mass is 32.1. The molecule has 3 aromatic rings. The molecule has 0 aliphatic carbocycles. The Balaban J connectivity index is 1.27. The van der Waals surface area contributed by atoms with Crippen LogP contribution in [0.25, 0.3) is 11.3 Å². The first kappa shape index (κ1) is 21.2. The number of carbonyl (C=O) groups excluding carboxylic acids is 2. The number of benzene rings is 2. The van der Waals surface area contributed by atoms with Crippen molar-refractivity contribution in [1.29, 1.82) is 0 Å². The van der Waals surface area contributed by atoms with Crippen LogP contribution >= 0.6 is 11.3 Å². The van der Waals surface area contributed by atoms with Gasteiger partial charge in [0, 0.05) is 30.5 Å². The number of rotatable bonds is 7. The van der Waals surface area contributed by atoms with Crippen LogP contribution in [0.15, 0.2) is 60.0 Å². The van der Waals surface area contributed by atoms with Gasteiger partial charge in [-0.1, -0.05) is 54.6 Å². The fourth-order valence-electron chi connectivity index (χ4n) is 4.01. The molecule has 2 aromatic carbocycles. The van der Waals surface area contributed by atoms with Crippen LogP contribution in [-0.4, -0.2) is 34.8 Å². The van der Waals surface area contributed by atoms with Crippen molar-refractivity contribution >= 4 is 23.2 Å². The van der Waals surface area contributed by atoms with Gasteiger partial charge in [0.05, 0.1) is 22.7 Å². The lowest BCUT2D eigenvalue weighted by atomic mass is 10.1. The minimum atomic E-state index is -0.283. The second-order valence-electron chi connectivity index (χ2n) is 8.02. The van der Waals surface area contributed by atoms with Gasteiger partial charge in [0.25, 0.3) is 0 Å². The fraction of sp³-hybridized carbons (Fsp3) is 0.320. The third-order valence-electron chi connectivity index (χ3n) is 5.86. The standard InChI is InChI=1S/C25H27N3O2S/c1-17(20-6-4-3-5-7-20)28-15-22(14-24(28)29)25(30)26-13-12-19-8-10-21(11-9-19)23-16-31-18(2)27-23/h3-11,16-17,22H,12-15H2,1-2H3,(H,26,30). The third kappa shape index (κ3) is 5.02. The Hall–Kier alpha value is -2.99. The van der Waals surface area contributed by atoms with Gasteiger partial charge in [-0.15, -0.1) is 11.3 Å². The number of amides is 2. The molecule has 160 valence electrons. The first-order valence-corrected chi connectivity index (χ1v) is 11.5.